The lowest BCUT2D eigenvalue weighted by atomic mass is 9.76. The number of hydrogen-bond donors (Lipinski definition) is 2. The molecule has 1 saturated heterocycles. The molecule has 2 rings (SSSR count). The maximum absolute atomic E-state index is 12.6. The van der Waals surface area contributed by atoms with Gasteiger partial charge >= 0.3 is 5.97 Å². The summed E-state index contributed by atoms with van der Waals surface area (Å²) in [7, 11) is 0. The molecule has 1 atom stereocenters. The average molecular weight is 292 g/mol. The number of hydrogen-bond acceptors (Lipinski definition) is 3. The molecule has 0 aromatic carbocycles. The molecule has 114 valence electrons. The van der Waals surface area contributed by atoms with Crippen LogP contribution in [0.2, 0.25) is 0 Å². The highest BCUT2D eigenvalue weighted by Gasteiger charge is 2.44. The Morgan fingerprint density at radius 2 is 2.05 bits per heavy atom. The zero-order valence-electron chi connectivity index (χ0n) is 12.5. The number of carbonyl (C=O) groups excluding carboxylic acids is 2. The Balaban J connectivity index is 2.31. The van der Waals surface area contributed by atoms with Crippen LogP contribution in [0.15, 0.2) is 12.3 Å². The van der Waals surface area contributed by atoms with Gasteiger partial charge in [-0.05, 0) is 31.2 Å². The van der Waals surface area contributed by atoms with Crippen LogP contribution >= 0.6 is 0 Å². The average Bonchev–Trinajstić information content (AvgIpc) is 2.85. The van der Waals surface area contributed by atoms with Crippen molar-refractivity contribution in [1.29, 1.82) is 0 Å². The highest BCUT2D eigenvalue weighted by atomic mass is 16.4. The van der Waals surface area contributed by atoms with Crippen LogP contribution in [0.5, 0.6) is 0 Å². The molecule has 1 aliphatic heterocycles. The second-order valence-electron chi connectivity index (χ2n) is 6.19. The van der Waals surface area contributed by atoms with E-state index in [0.717, 1.165) is 12.8 Å². The number of Topliss-reactive ketones (excluding diaryl/α,β-unsaturated/α-hetero) is 1. The van der Waals surface area contributed by atoms with Gasteiger partial charge in [0, 0.05) is 18.3 Å². The molecule has 1 aromatic rings. The van der Waals surface area contributed by atoms with E-state index in [9.17, 15) is 19.5 Å². The molecule has 0 bridgehead atoms. The summed E-state index contributed by atoms with van der Waals surface area (Å²) >= 11 is 0. The van der Waals surface area contributed by atoms with Crippen LogP contribution in [0.4, 0.5) is 0 Å². The Morgan fingerprint density at radius 1 is 1.38 bits per heavy atom. The van der Waals surface area contributed by atoms with E-state index in [2.05, 4.69) is 4.98 Å². The Kier molecular flexibility index (Phi) is 3.89. The predicted octanol–water partition coefficient (Wildman–Crippen LogP) is 1.93. The van der Waals surface area contributed by atoms with Gasteiger partial charge in [0.2, 0.25) is 0 Å². The van der Waals surface area contributed by atoms with Crippen molar-refractivity contribution in [3.05, 3.63) is 23.5 Å². The van der Waals surface area contributed by atoms with Gasteiger partial charge in [-0.3, -0.25) is 9.59 Å². The Labute approximate surface area is 123 Å². The van der Waals surface area contributed by atoms with Gasteiger partial charge < -0.3 is 15.0 Å². The molecule has 0 spiro atoms. The maximum Gasteiger partial charge on any atom is 0.326 e. The van der Waals surface area contributed by atoms with E-state index in [-0.39, 0.29) is 17.4 Å². The molecular weight excluding hydrogens is 272 g/mol. The number of likely N-dealkylation sites (tertiary alicyclic amines) is 1. The van der Waals surface area contributed by atoms with Crippen LogP contribution in [0.1, 0.15) is 54.5 Å². The number of amides is 1. The number of ketones is 1. The molecule has 1 amide bonds. The summed E-state index contributed by atoms with van der Waals surface area (Å²) in [5, 5.41) is 9.48. The van der Waals surface area contributed by atoms with Gasteiger partial charge in [0.1, 0.15) is 11.7 Å². The molecular formula is C15H20N2O4. The molecule has 0 aliphatic carbocycles. The van der Waals surface area contributed by atoms with E-state index in [1.54, 1.807) is 0 Å². The van der Waals surface area contributed by atoms with E-state index in [1.165, 1.54) is 24.1 Å². The lowest BCUT2D eigenvalue weighted by molar-refractivity contribution is -0.148. The first-order chi connectivity index (χ1) is 9.74. The molecule has 0 saturated carbocycles. The van der Waals surface area contributed by atoms with Gasteiger partial charge in [-0.1, -0.05) is 13.8 Å². The number of aromatic nitrogens is 1. The fraction of sp³-hybridized carbons (Fsp3) is 0.533. The van der Waals surface area contributed by atoms with Gasteiger partial charge in [0.15, 0.2) is 5.78 Å². The van der Waals surface area contributed by atoms with Crippen LogP contribution < -0.4 is 0 Å². The molecule has 1 aliphatic rings. The first-order valence-corrected chi connectivity index (χ1v) is 6.97. The number of nitrogens with one attached hydrogen (secondary N) is 1. The van der Waals surface area contributed by atoms with Crippen molar-refractivity contribution in [3.63, 3.8) is 0 Å². The summed E-state index contributed by atoms with van der Waals surface area (Å²) in [5.41, 5.74) is 0.195. The van der Waals surface area contributed by atoms with Crippen molar-refractivity contribution in [2.24, 2.45) is 5.41 Å². The molecule has 2 heterocycles. The quantitative estimate of drug-likeness (QED) is 0.833. The Hall–Kier alpha value is -2.11. The summed E-state index contributed by atoms with van der Waals surface area (Å²) in [6, 6.07) is 0.619. The number of piperidine rings is 1. The number of H-pyrrole nitrogens is 1. The third-order valence-corrected chi connectivity index (χ3v) is 4.09. The van der Waals surface area contributed by atoms with Crippen molar-refractivity contribution in [2.75, 3.05) is 6.54 Å². The van der Waals surface area contributed by atoms with Gasteiger partial charge in [-0.25, -0.2) is 4.79 Å². The topological polar surface area (TPSA) is 90.5 Å². The van der Waals surface area contributed by atoms with Gasteiger partial charge in [0.05, 0.1) is 0 Å². The van der Waals surface area contributed by atoms with Crippen LogP contribution in [-0.2, 0) is 4.79 Å². The van der Waals surface area contributed by atoms with Gasteiger partial charge in [-0.2, -0.15) is 0 Å². The fourth-order valence-electron chi connectivity index (χ4n) is 2.95. The molecule has 1 fully saturated rings. The molecule has 1 aromatic heterocycles. The highest BCUT2D eigenvalue weighted by molar-refractivity contribution is 6.00. The minimum atomic E-state index is -0.994. The lowest BCUT2D eigenvalue weighted by Crippen LogP contribution is -2.56. The third kappa shape index (κ3) is 2.84. The van der Waals surface area contributed by atoms with Crippen molar-refractivity contribution >= 4 is 17.7 Å². The molecule has 1 unspecified atom stereocenters. The smallest absolute Gasteiger partial charge is 0.326 e. The van der Waals surface area contributed by atoms with Crippen LogP contribution in [0, 0.1) is 5.41 Å². The zero-order chi connectivity index (χ0) is 15.8. The summed E-state index contributed by atoms with van der Waals surface area (Å²) in [6.07, 6.45) is 3.00. The number of nitrogens with zero attached hydrogens (tertiary/aromatic N) is 1. The SMILES string of the molecule is CC(=O)c1c[nH]c(C(=O)N2CCCC(C)(C)C2C(=O)O)c1. The monoisotopic (exact) mass is 292 g/mol. The van der Waals surface area contributed by atoms with Crippen molar-refractivity contribution in [3.8, 4) is 0 Å². The second-order valence-corrected chi connectivity index (χ2v) is 6.19. The summed E-state index contributed by atoms with van der Waals surface area (Å²) in [4.78, 5) is 39.6. The summed E-state index contributed by atoms with van der Waals surface area (Å²) in [6.45, 7) is 5.55. The largest absolute Gasteiger partial charge is 0.480 e. The number of rotatable bonds is 3. The Bertz CT molecular complexity index is 588. The standard InChI is InChI=1S/C15H20N2O4/c1-9(18)10-7-11(16-8-10)13(19)17-6-4-5-15(2,3)12(17)14(20)21/h7-8,12,16H,4-6H2,1-3H3,(H,20,21). The van der Waals surface area contributed by atoms with Crippen LogP contribution in [0.3, 0.4) is 0 Å². The number of aliphatic carboxylic acids is 1. The lowest BCUT2D eigenvalue weighted by Gasteiger charge is -2.43. The van der Waals surface area contributed by atoms with Gasteiger partial charge in [-0.15, -0.1) is 0 Å². The summed E-state index contributed by atoms with van der Waals surface area (Å²) < 4.78 is 0. The van der Waals surface area contributed by atoms with Crippen molar-refractivity contribution in [2.45, 2.75) is 39.7 Å². The van der Waals surface area contributed by atoms with E-state index in [4.69, 9.17) is 0 Å². The molecule has 21 heavy (non-hydrogen) atoms. The minimum absolute atomic E-state index is 0.140. The number of carboxylic acids is 1. The number of carbonyl (C=O) groups is 3. The minimum Gasteiger partial charge on any atom is -0.480 e. The Morgan fingerprint density at radius 3 is 2.57 bits per heavy atom. The fourth-order valence-corrected chi connectivity index (χ4v) is 2.95. The van der Waals surface area contributed by atoms with E-state index >= 15 is 0 Å². The molecule has 6 heteroatoms. The summed E-state index contributed by atoms with van der Waals surface area (Å²) in [5.74, 6) is -1.51. The normalized spacial score (nSPS) is 21.1. The highest BCUT2D eigenvalue weighted by Crippen LogP contribution is 2.36. The van der Waals surface area contributed by atoms with E-state index < -0.39 is 17.4 Å². The maximum atomic E-state index is 12.6. The number of aromatic amines is 1. The first-order valence-electron chi connectivity index (χ1n) is 6.97. The van der Waals surface area contributed by atoms with Gasteiger partial charge in [0.25, 0.3) is 5.91 Å². The van der Waals surface area contributed by atoms with Crippen LogP contribution in [-0.4, -0.2) is 45.2 Å². The predicted molar refractivity (Wildman–Crippen MR) is 76.3 cm³/mol. The third-order valence-electron chi connectivity index (χ3n) is 4.09. The van der Waals surface area contributed by atoms with E-state index in [1.807, 2.05) is 13.8 Å². The second kappa shape index (κ2) is 5.35. The number of carboxylic acid groups (broad SMARTS) is 1. The van der Waals surface area contributed by atoms with Crippen LogP contribution in [0.25, 0.3) is 0 Å². The molecule has 2 N–H and O–H groups in total. The van der Waals surface area contributed by atoms with Crippen molar-refractivity contribution < 1.29 is 19.5 Å². The molecule has 6 nitrogen and oxygen atoms in total. The molecule has 0 radical (unpaired) electrons. The zero-order valence-corrected chi connectivity index (χ0v) is 12.5. The van der Waals surface area contributed by atoms with Crippen molar-refractivity contribution in [1.82, 2.24) is 9.88 Å². The van der Waals surface area contributed by atoms with E-state index in [0.29, 0.717) is 12.1 Å². The first kappa shape index (κ1) is 15.3.